The molecule has 0 radical (unpaired) electrons. The van der Waals surface area contributed by atoms with Crippen LogP contribution in [0.2, 0.25) is 0 Å². The molecule has 3 rings (SSSR count). The van der Waals surface area contributed by atoms with Crippen molar-refractivity contribution in [2.24, 2.45) is 4.99 Å². The van der Waals surface area contributed by atoms with Gasteiger partial charge in [-0.1, -0.05) is 31.4 Å². The van der Waals surface area contributed by atoms with Gasteiger partial charge in [0.25, 0.3) is 0 Å². The number of carbonyl (C=O) groups excluding carboxylic acids is 1. The van der Waals surface area contributed by atoms with Crippen molar-refractivity contribution in [2.75, 3.05) is 0 Å². The summed E-state index contributed by atoms with van der Waals surface area (Å²) >= 11 is 0. The molecule has 94 valence electrons. The number of aliphatic imine (C=N–C) groups is 1. The first-order chi connectivity index (χ1) is 8.71. The van der Waals surface area contributed by atoms with Gasteiger partial charge in [0.1, 0.15) is 5.82 Å². The molecule has 4 heteroatoms. The minimum absolute atomic E-state index is 0.139. The predicted molar refractivity (Wildman–Crippen MR) is 64.8 cm³/mol. The van der Waals surface area contributed by atoms with Crippen molar-refractivity contribution in [3.63, 3.8) is 0 Å². The van der Waals surface area contributed by atoms with E-state index in [0.717, 1.165) is 19.3 Å². The zero-order chi connectivity index (χ0) is 12.6. The second-order valence-electron chi connectivity index (χ2n) is 4.88. The molecule has 18 heavy (non-hydrogen) atoms. The third-order valence-corrected chi connectivity index (χ3v) is 3.67. The fraction of sp³-hybridized carbons (Fsp3) is 0.429. The van der Waals surface area contributed by atoms with E-state index in [1.165, 1.54) is 6.07 Å². The Morgan fingerprint density at radius 1 is 1.17 bits per heavy atom. The quantitative estimate of drug-likeness (QED) is 0.716. The molecule has 0 aromatic heterocycles. The third-order valence-electron chi connectivity index (χ3n) is 3.67. The molecule has 0 amide bonds. The average Bonchev–Trinajstić information content (AvgIpc) is 2.68. The van der Waals surface area contributed by atoms with Gasteiger partial charge in [-0.3, -0.25) is 0 Å². The molecule has 2 aliphatic rings. The first-order valence-electron chi connectivity index (χ1n) is 6.28. The number of halogens is 1. The number of cyclic esters (lactones) is 1. The normalized spacial score (nSPS) is 21.8. The van der Waals surface area contributed by atoms with E-state index in [0.29, 0.717) is 12.8 Å². The molecule has 1 aromatic rings. The average molecular weight is 247 g/mol. The van der Waals surface area contributed by atoms with Crippen molar-refractivity contribution in [3.05, 3.63) is 35.6 Å². The molecular weight excluding hydrogens is 233 g/mol. The monoisotopic (exact) mass is 247 g/mol. The minimum Gasteiger partial charge on any atom is -0.405 e. The van der Waals surface area contributed by atoms with E-state index >= 15 is 0 Å². The van der Waals surface area contributed by atoms with E-state index in [2.05, 4.69) is 4.99 Å². The van der Waals surface area contributed by atoms with Crippen LogP contribution in [0.5, 0.6) is 0 Å². The fourth-order valence-corrected chi connectivity index (χ4v) is 2.65. The van der Waals surface area contributed by atoms with Crippen molar-refractivity contribution in [2.45, 2.75) is 37.6 Å². The number of ether oxygens (including phenoxy) is 1. The zero-order valence-corrected chi connectivity index (χ0v) is 9.99. The fourth-order valence-electron chi connectivity index (χ4n) is 2.65. The SMILES string of the molecule is O=C1OC(c2ccccc2F)=NC12CCCCC2. The molecule has 0 saturated heterocycles. The Hall–Kier alpha value is -1.71. The molecule has 1 aliphatic carbocycles. The Labute approximate surface area is 105 Å². The predicted octanol–water partition coefficient (Wildman–Crippen LogP) is 2.83. The van der Waals surface area contributed by atoms with Gasteiger partial charge in [0.2, 0.25) is 5.90 Å². The molecule has 0 atom stereocenters. The Bertz CT molecular complexity index is 518. The van der Waals surface area contributed by atoms with E-state index in [-0.39, 0.29) is 17.4 Å². The number of hydrogen-bond acceptors (Lipinski definition) is 3. The van der Waals surface area contributed by atoms with E-state index in [1.807, 2.05) is 0 Å². The van der Waals surface area contributed by atoms with Gasteiger partial charge >= 0.3 is 5.97 Å². The van der Waals surface area contributed by atoms with Gasteiger partial charge < -0.3 is 4.74 Å². The van der Waals surface area contributed by atoms with Crippen LogP contribution in [-0.4, -0.2) is 17.4 Å². The van der Waals surface area contributed by atoms with Gasteiger partial charge in [-0.05, 0) is 25.0 Å². The Kier molecular flexibility index (Phi) is 2.65. The molecule has 1 aliphatic heterocycles. The van der Waals surface area contributed by atoms with Crippen LogP contribution in [0.1, 0.15) is 37.7 Å². The number of carbonyl (C=O) groups is 1. The molecule has 1 spiro atoms. The van der Waals surface area contributed by atoms with Crippen LogP contribution in [0.3, 0.4) is 0 Å². The third kappa shape index (κ3) is 1.72. The second kappa shape index (κ2) is 4.19. The van der Waals surface area contributed by atoms with Crippen molar-refractivity contribution in [3.8, 4) is 0 Å². The maximum atomic E-state index is 13.7. The Balaban J connectivity index is 1.98. The highest BCUT2D eigenvalue weighted by Crippen LogP contribution is 2.37. The highest BCUT2D eigenvalue weighted by atomic mass is 19.1. The van der Waals surface area contributed by atoms with Crippen molar-refractivity contribution in [1.82, 2.24) is 0 Å². The molecular formula is C14H14FNO2. The standard InChI is InChI=1S/C14H14FNO2/c15-11-7-3-2-6-10(11)12-16-14(13(17)18-12)8-4-1-5-9-14/h2-3,6-7H,1,4-5,8-9H2. The minimum atomic E-state index is -0.740. The molecule has 1 fully saturated rings. The van der Waals surface area contributed by atoms with Gasteiger partial charge in [-0.25, -0.2) is 14.2 Å². The number of nitrogens with zero attached hydrogens (tertiary/aromatic N) is 1. The number of hydrogen-bond donors (Lipinski definition) is 0. The molecule has 1 heterocycles. The molecule has 3 nitrogen and oxygen atoms in total. The van der Waals surface area contributed by atoms with Crippen LogP contribution >= 0.6 is 0 Å². The molecule has 1 saturated carbocycles. The lowest BCUT2D eigenvalue weighted by atomic mass is 9.83. The van der Waals surface area contributed by atoms with Crippen LogP contribution < -0.4 is 0 Å². The number of benzene rings is 1. The van der Waals surface area contributed by atoms with Crippen LogP contribution in [0.4, 0.5) is 4.39 Å². The maximum absolute atomic E-state index is 13.7. The zero-order valence-electron chi connectivity index (χ0n) is 9.99. The van der Waals surface area contributed by atoms with Gasteiger partial charge in [0, 0.05) is 0 Å². The molecule has 0 bridgehead atoms. The van der Waals surface area contributed by atoms with Crippen molar-refractivity contribution < 1.29 is 13.9 Å². The van der Waals surface area contributed by atoms with Crippen molar-refractivity contribution in [1.29, 1.82) is 0 Å². The first-order valence-corrected chi connectivity index (χ1v) is 6.28. The Morgan fingerprint density at radius 2 is 1.89 bits per heavy atom. The summed E-state index contributed by atoms with van der Waals surface area (Å²) in [6.45, 7) is 0. The van der Waals surface area contributed by atoms with Gasteiger partial charge in [-0.2, -0.15) is 0 Å². The van der Waals surface area contributed by atoms with E-state index in [9.17, 15) is 9.18 Å². The summed E-state index contributed by atoms with van der Waals surface area (Å²) in [5, 5.41) is 0. The lowest BCUT2D eigenvalue weighted by Gasteiger charge is -2.25. The van der Waals surface area contributed by atoms with E-state index in [4.69, 9.17) is 4.74 Å². The van der Waals surface area contributed by atoms with Crippen LogP contribution in [0, 0.1) is 5.82 Å². The van der Waals surface area contributed by atoms with Gasteiger partial charge in [0.05, 0.1) is 5.56 Å². The summed E-state index contributed by atoms with van der Waals surface area (Å²) in [5.74, 6) is -0.586. The van der Waals surface area contributed by atoms with Crippen molar-refractivity contribution >= 4 is 11.9 Å². The topological polar surface area (TPSA) is 38.7 Å². The lowest BCUT2D eigenvalue weighted by molar-refractivity contribution is -0.140. The van der Waals surface area contributed by atoms with Crippen LogP contribution in [-0.2, 0) is 9.53 Å². The summed E-state index contributed by atoms with van der Waals surface area (Å²) in [4.78, 5) is 16.4. The number of rotatable bonds is 1. The summed E-state index contributed by atoms with van der Waals surface area (Å²) in [6, 6.07) is 6.24. The van der Waals surface area contributed by atoms with Gasteiger partial charge in [-0.15, -0.1) is 0 Å². The number of esters is 1. The van der Waals surface area contributed by atoms with Crippen LogP contribution in [0.15, 0.2) is 29.3 Å². The first kappa shape index (κ1) is 11.4. The second-order valence-corrected chi connectivity index (χ2v) is 4.88. The Morgan fingerprint density at radius 3 is 2.61 bits per heavy atom. The van der Waals surface area contributed by atoms with Crippen LogP contribution in [0.25, 0.3) is 0 Å². The lowest BCUT2D eigenvalue weighted by Crippen LogP contribution is -2.35. The highest BCUT2D eigenvalue weighted by molar-refractivity contribution is 6.08. The smallest absolute Gasteiger partial charge is 0.340 e. The highest BCUT2D eigenvalue weighted by Gasteiger charge is 2.46. The molecule has 0 N–H and O–H groups in total. The summed E-state index contributed by atoms with van der Waals surface area (Å²) in [7, 11) is 0. The van der Waals surface area contributed by atoms with E-state index in [1.54, 1.807) is 18.2 Å². The summed E-state index contributed by atoms with van der Waals surface area (Å²) < 4.78 is 18.8. The maximum Gasteiger partial charge on any atom is 0.340 e. The summed E-state index contributed by atoms with van der Waals surface area (Å²) in [5.41, 5.74) is -0.469. The van der Waals surface area contributed by atoms with Gasteiger partial charge in [0.15, 0.2) is 5.54 Å². The van der Waals surface area contributed by atoms with E-state index < -0.39 is 11.4 Å². The largest absolute Gasteiger partial charge is 0.405 e. The molecule has 0 unspecified atom stereocenters. The molecule has 1 aromatic carbocycles. The summed E-state index contributed by atoms with van der Waals surface area (Å²) in [6.07, 6.45) is 4.50.